The molecular formula is C24H30F4O6. The Morgan fingerprint density at radius 1 is 0.676 bits per heavy atom. The summed E-state index contributed by atoms with van der Waals surface area (Å²) >= 11 is 0. The third kappa shape index (κ3) is 6.74. The molecule has 0 aromatic heterocycles. The van der Waals surface area contributed by atoms with Crippen LogP contribution in [-0.2, 0) is 12.8 Å². The molecule has 0 radical (unpaired) electrons. The van der Waals surface area contributed by atoms with Gasteiger partial charge >= 0.3 is 0 Å². The molecule has 0 saturated heterocycles. The average Bonchev–Trinajstić information content (AvgIpc) is 2.81. The van der Waals surface area contributed by atoms with Crippen molar-refractivity contribution in [1.82, 2.24) is 0 Å². The van der Waals surface area contributed by atoms with Gasteiger partial charge in [0.1, 0.15) is 47.7 Å². The van der Waals surface area contributed by atoms with Gasteiger partial charge < -0.3 is 30.6 Å². The molecule has 2 aromatic carbocycles. The molecule has 0 fully saturated rings. The van der Waals surface area contributed by atoms with Gasteiger partial charge in [0.2, 0.25) is 0 Å². The van der Waals surface area contributed by atoms with E-state index in [1.807, 2.05) is 0 Å². The van der Waals surface area contributed by atoms with Crippen molar-refractivity contribution in [2.45, 2.75) is 56.7 Å². The van der Waals surface area contributed by atoms with Crippen LogP contribution in [0.3, 0.4) is 0 Å². The van der Waals surface area contributed by atoms with Crippen molar-refractivity contribution in [3.8, 4) is 0 Å². The number of benzene rings is 2. The van der Waals surface area contributed by atoms with Crippen LogP contribution >= 0.6 is 0 Å². The first-order valence-electron chi connectivity index (χ1n) is 10.9. The fourth-order valence-corrected chi connectivity index (χ4v) is 3.97. The Morgan fingerprint density at radius 2 is 1.12 bits per heavy atom. The summed E-state index contributed by atoms with van der Waals surface area (Å²) in [5, 5.41) is 59.8. The summed E-state index contributed by atoms with van der Waals surface area (Å²) in [4.78, 5) is 0. The van der Waals surface area contributed by atoms with Gasteiger partial charge in [-0.3, -0.25) is 0 Å². The smallest absolute Gasteiger partial charge is 0.129 e. The Hall–Kier alpha value is -2.08. The second-order valence-corrected chi connectivity index (χ2v) is 8.50. The minimum Gasteiger partial charge on any atom is -0.394 e. The average molecular weight is 490 g/mol. The van der Waals surface area contributed by atoms with E-state index in [0.717, 1.165) is 30.3 Å². The molecule has 34 heavy (non-hydrogen) atoms. The Kier molecular flexibility index (Phi) is 10.4. The van der Waals surface area contributed by atoms with Crippen LogP contribution in [0.2, 0.25) is 0 Å². The van der Waals surface area contributed by atoms with E-state index in [9.17, 15) is 43.1 Å². The molecule has 6 nitrogen and oxygen atoms in total. The van der Waals surface area contributed by atoms with Gasteiger partial charge in [0.05, 0.1) is 12.7 Å². The van der Waals surface area contributed by atoms with E-state index in [1.165, 1.54) is 6.07 Å². The fourth-order valence-electron chi connectivity index (χ4n) is 3.97. The molecule has 0 aliphatic carbocycles. The van der Waals surface area contributed by atoms with Gasteiger partial charge in [0, 0.05) is 11.1 Å². The van der Waals surface area contributed by atoms with Gasteiger partial charge in [-0.1, -0.05) is 19.1 Å². The highest BCUT2D eigenvalue weighted by Gasteiger charge is 2.39. The van der Waals surface area contributed by atoms with Gasteiger partial charge in [0.15, 0.2) is 0 Å². The summed E-state index contributed by atoms with van der Waals surface area (Å²) in [6.07, 6.45) is -10.4. The zero-order chi connectivity index (χ0) is 25.6. The Labute approximate surface area is 194 Å². The lowest BCUT2D eigenvalue weighted by Gasteiger charge is -2.35. The molecule has 190 valence electrons. The molecular weight excluding hydrogens is 460 g/mol. The van der Waals surface area contributed by atoms with Crippen LogP contribution < -0.4 is 0 Å². The van der Waals surface area contributed by atoms with Crippen LogP contribution in [0.1, 0.15) is 24.5 Å². The lowest BCUT2D eigenvalue weighted by atomic mass is 9.77. The summed E-state index contributed by atoms with van der Waals surface area (Å²) < 4.78 is 56.6. The minimum absolute atomic E-state index is 0.0419. The van der Waals surface area contributed by atoms with E-state index in [1.54, 1.807) is 6.92 Å². The molecule has 0 bridgehead atoms. The second kappa shape index (κ2) is 12.6. The van der Waals surface area contributed by atoms with Crippen molar-refractivity contribution < 1.29 is 48.2 Å². The molecule has 0 aliphatic heterocycles. The summed E-state index contributed by atoms with van der Waals surface area (Å²) in [7, 11) is 0. The van der Waals surface area contributed by atoms with Crippen LogP contribution in [-0.4, -0.2) is 67.8 Å². The highest BCUT2D eigenvalue weighted by atomic mass is 19.1. The highest BCUT2D eigenvalue weighted by molar-refractivity contribution is 5.22. The van der Waals surface area contributed by atoms with Crippen LogP contribution in [0, 0.1) is 35.1 Å². The predicted octanol–water partition coefficient (Wildman–Crippen LogP) is 1.47. The summed E-state index contributed by atoms with van der Waals surface area (Å²) in [6, 6.07) is 6.53. The van der Waals surface area contributed by atoms with Gasteiger partial charge in [-0.15, -0.1) is 0 Å². The normalized spacial score (nSPS) is 18.1. The number of hydrogen-bond donors (Lipinski definition) is 6. The molecule has 0 saturated carbocycles. The maximum absolute atomic E-state index is 14.3. The Morgan fingerprint density at radius 3 is 1.59 bits per heavy atom. The largest absolute Gasteiger partial charge is 0.394 e. The number of hydrogen-bond acceptors (Lipinski definition) is 6. The predicted molar refractivity (Wildman–Crippen MR) is 115 cm³/mol. The van der Waals surface area contributed by atoms with E-state index >= 15 is 0 Å². The Balaban J connectivity index is 2.31. The third-order valence-electron chi connectivity index (χ3n) is 6.21. The van der Waals surface area contributed by atoms with Gasteiger partial charge in [-0.05, 0) is 55.4 Å². The zero-order valence-corrected chi connectivity index (χ0v) is 18.5. The summed E-state index contributed by atoms with van der Waals surface area (Å²) in [5.41, 5.74) is -0.602. The quantitative estimate of drug-likeness (QED) is 0.251. The zero-order valence-electron chi connectivity index (χ0n) is 18.5. The van der Waals surface area contributed by atoms with E-state index < -0.39 is 84.2 Å². The Bertz CT molecular complexity index is 890. The minimum atomic E-state index is -2.11. The molecule has 0 spiro atoms. The van der Waals surface area contributed by atoms with E-state index in [2.05, 4.69) is 0 Å². The van der Waals surface area contributed by atoms with Crippen molar-refractivity contribution in [3.05, 3.63) is 70.8 Å². The molecule has 0 heterocycles. The summed E-state index contributed by atoms with van der Waals surface area (Å²) in [6.45, 7) is 0.610. The van der Waals surface area contributed by atoms with Crippen molar-refractivity contribution in [2.24, 2.45) is 11.8 Å². The number of aliphatic hydroxyl groups excluding tert-OH is 6. The first kappa shape index (κ1) is 28.2. The van der Waals surface area contributed by atoms with Crippen molar-refractivity contribution in [2.75, 3.05) is 6.61 Å². The molecule has 0 aliphatic rings. The number of aliphatic hydroxyl groups is 6. The van der Waals surface area contributed by atoms with Crippen molar-refractivity contribution in [3.63, 3.8) is 0 Å². The fraction of sp³-hybridized carbons (Fsp3) is 0.500. The van der Waals surface area contributed by atoms with E-state index in [0.29, 0.717) is 0 Å². The monoisotopic (exact) mass is 490 g/mol. The molecule has 0 amide bonds. The van der Waals surface area contributed by atoms with Gasteiger partial charge in [0.25, 0.3) is 0 Å². The number of rotatable bonds is 12. The van der Waals surface area contributed by atoms with Crippen LogP contribution in [0.15, 0.2) is 36.4 Å². The first-order valence-corrected chi connectivity index (χ1v) is 10.9. The highest BCUT2D eigenvalue weighted by Crippen LogP contribution is 2.31. The van der Waals surface area contributed by atoms with Crippen molar-refractivity contribution >= 4 is 0 Å². The van der Waals surface area contributed by atoms with Gasteiger partial charge in [-0.25, -0.2) is 17.6 Å². The van der Waals surface area contributed by atoms with Gasteiger partial charge in [-0.2, -0.15) is 0 Å². The lowest BCUT2D eigenvalue weighted by molar-refractivity contribution is -0.152. The SMILES string of the molecule is CC(CCc1c(F)cccc1F)C(Cc1c(F)cccc1F)C(O)[C@@H](O)[C@@H](O)[C@H](O)[C@@H](O)CO. The molecule has 7 atom stereocenters. The van der Waals surface area contributed by atoms with Crippen molar-refractivity contribution in [1.29, 1.82) is 0 Å². The molecule has 10 heteroatoms. The number of halogens is 4. The summed E-state index contributed by atoms with van der Waals surface area (Å²) in [5.74, 6) is -5.19. The molecule has 2 aromatic rings. The molecule has 6 N–H and O–H groups in total. The van der Waals surface area contributed by atoms with E-state index in [-0.39, 0.29) is 18.4 Å². The lowest BCUT2D eigenvalue weighted by Crippen LogP contribution is -2.52. The van der Waals surface area contributed by atoms with Crippen LogP contribution in [0.25, 0.3) is 0 Å². The van der Waals surface area contributed by atoms with E-state index in [4.69, 9.17) is 5.11 Å². The second-order valence-electron chi connectivity index (χ2n) is 8.50. The first-order chi connectivity index (χ1) is 16.0. The molecule has 2 rings (SSSR count). The third-order valence-corrected chi connectivity index (χ3v) is 6.21. The van der Waals surface area contributed by atoms with Crippen LogP contribution in [0.5, 0.6) is 0 Å². The topological polar surface area (TPSA) is 121 Å². The maximum atomic E-state index is 14.3. The standard InChI is InChI=1S/C24H30F4O6/c1-12(8-9-13-16(25)4-2-5-17(13)26)14(10-15-18(27)6-3-7-19(15)28)21(31)23(33)24(34)22(32)20(30)11-29/h2-7,12,14,20-24,29-34H,8-11H2,1H3/t12?,14?,20-,21?,22+,23+,24-/m0/s1. The van der Waals surface area contributed by atoms with Crippen LogP contribution in [0.4, 0.5) is 17.6 Å². The maximum Gasteiger partial charge on any atom is 0.129 e. The molecule has 3 unspecified atom stereocenters.